The molecule has 0 N–H and O–H groups in total. The number of ketones is 2. The Morgan fingerprint density at radius 1 is 1.00 bits per heavy atom. The van der Waals surface area contributed by atoms with Crippen LogP contribution in [0.5, 0.6) is 0 Å². The van der Waals surface area contributed by atoms with Crippen molar-refractivity contribution in [1.82, 2.24) is 4.98 Å². The fourth-order valence-corrected chi connectivity index (χ4v) is 2.00. The Kier molecular flexibility index (Phi) is 2.45. The number of allylic oxidation sites excluding steroid dienone is 1. The van der Waals surface area contributed by atoms with Crippen LogP contribution in [0.3, 0.4) is 0 Å². The second-order valence-electron chi connectivity index (χ2n) is 4.02. The van der Waals surface area contributed by atoms with Crippen molar-refractivity contribution in [3.8, 4) is 0 Å². The van der Waals surface area contributed by atoms with Gasteiger partial charge in [0, 0.05) is 23.9 Å². The molecular formula is C14H8N2O3. The smallest absolute Gasteiger partial charge is 0.298 e. The van der Waals surface area contributed by atoms with Crippen molar-refractivity contribution in [2.75, 3.05) is 0 Å². The van der Waals surface area contributed by atoms with Crippen molar-refractivity contribution in [3.05, 3.63) is 60.2 Å². The van der Waals surface area contributed by atoms with Gasteiger partial charge in [-0.3, -0.25) is 14.6 Å². The van der Waals surface area contributed by atoms with Crippen LogP contribution in [0.2, 0.25) is 0 Å². The van der Waals surface area contributed by atoms with Gasteiger partial charge in [-0.15, -0.1) is 0 Å². The summed E-state index contributed by atoms with van der Waals surface area (Å²) in [6, 6.07) is 8.17. The van der Waals surface area contributed by atoms with Crippen molar-refractivity contribution in [2.45, 2.75) is 0 Å². The number of hydrogen-bond donors (Lipinski definition) is 0. The topological polar surface area (TPSA) is 74.0 Å². The molecule has 5 nitrogen and oxygen atoms in total. The van der Waals surface area contributed by atoms with E-state index in [1.165, 1.54) is 16.8 Å². The molecule has 0 unspecified atom stereocenters. The molecule has 19 heavy (non-hydrogen) atoms. The maximum Gasteiger partial charge on any atom is 0.298 e. The van der Waals surface area contributed by atoms with Gasteiger partial charge in [-0.1, -0.05) is 12.1 Å². The SMILES string of the molecule is O=C1C(=O)c2ncccc2C([O-])=C1[n+]1ccccc1. The lowest BCUT2D eigenvalue weighted by Gasteiger charge is -2.20. The van der Waals surface area contributed by atoms with Crippen molar-refractivity contribution in [1.29, 1.82) is 0 Å². The van der Waals surface area contributed by atoms with E-state index in [1.54, 1.807) is 36.7 Å². The van der Waals surface area contributed by atoms with E-state index >= 15 is 0 Å². The van der Waals surface area contributed by atoms with E-state index in [0.29, 0.717) is 0 Å². The number of nitrogens with zero attached hydrogens (tertiary/aromatic N) is 2. The molecule has 1 aliphatic rings. The molecule has 0 spiro atoms. The molecule has 0 aromatic carbocycles. The molecule has 0 radical (unpaired) electrons. The monoisotopic (exact) mass is 252 g/mol. The number of hydrogen-bond acceptors (Lipinski definition) is 4. The van der Waals surface area contributed by atoms with E-state index in [9.17, 15) is 14.7 Å². The Morgan fingerprint density at radius 3 is 2.47 bits per heavy atom. The van der Waals surface area contributed by atoms with E-state index in [4.69, 9.17) is 0 Å². The van der Waals surface area contributed by atoms with Gasteiger partial charge in [0.25, 0.3) is 17.3 Å². The van der Waals surface area contributed by atoms with Crippen molar-refractivity contribution in [3.63, 3.8) is 0 Å². The first kappa shape index (κ1) is 11.3. The standard InChI is InChI=1S/C14H8N2O3/c17-12-9-5-4-6-15-10(9)13(18)14(19)11(12)16-7-2-1-3-8-16/h1-8H. The molecular weight excluding hydrogens is 244 g/mol. The van der Waals surface area contributed by atoms with Crippen LogP contribution in [-0.4, -0.2) is 16.6 Å². The normalized spacial score (nSPS) is 14.5. The Balaban J connectivity index is 2.30. The zero-order valence-electron chi connectivity index (χ0n) is 9.74. The van der Waals surface area contributed by atoms with Crippen LogP contribution in [0.1, 0.15) is 16.1 Å². The third-order valence-corrected chi connectivity index (χ3v) is 2.88. The molecule has 0 aliphatic heterocycles. The number of carbonyl (C=O) groups excluding carboxylic acids is 2. The van der Waals surface area contributed by atoms with Crippen molar-refractivity contribution in [2.24, 2.45) is 0 Å². The van der Waals surface area contributed by atoms with E-state index in [2.05, 4.69) is 4.98 Å². The molecule has 2 heterocycles. The fourth-order valence-electron chi connectivity index (χ4n) is 2.00. The zero-order valence-corrected chi connectivity index (χ0v) is 9.74. The van der Waals surface area contributed by atoms with Crippen LogP contribution in [0.15, 0.2) is 48.9 Å². The fraction of sp³-hybridized carbons (Fsp3) is 0. The maximum absolute atomic E-state index is 12.3. The van der Waals surface area contributed by atoms with Gasteiger partial charge in [0.2, 0.25) is 0 Å². The third-order valence-electron chi connectivity index (χ3n) is 2.88. The van der Waals surface area contributed by atoms with Gasteiger partial charge < -0.3 is 5.11 Å². The minimum Gasteiger partial charge on any atom is -0.867 e. The van der Waals surface area contributed by atoms with Crippen LogP contribution in [0.25, 0.3) is 11.5 Å². The highest BCUT2D eigenvalue weighted by molar-refractivity contribution is 6.58. The largest absolute Gasteiger partial charge is 0.867 e. The zero-order chi connectivity index (χ0) is 13.4. The Morgan fingerprint density at radius 2 is 1.74 bits per heavy atom. The predicted molar refractivity (Wildman–Crippen MR) is 63.3 cm³/mol. The molecule has 0 fully saturated rings. The summed E-state index contributed by atoms with van der Waals surface area (Å²) < 4.78 is 1.36. The number of fused-ring (bicyclic) bond motifs is 1. The van der Waals surface area contributed by atoms with Crippen LogP contribution in [0.4, 0.5) is 0 Å². The van der Waals surface area contributed by atoms with Gasteiger partial charge >= 0.3 is 0 Å². The van der Waals surface area contributed by atoms with Gasteiger partial charge in [0.1, 0.15) is 5.69 Å². The second kappa shape index (κ2) is 4.13. The second-order valence-corrected chi connectivity index (χ2v) is 4.02. The molecule has 0 bridgehead atoms. The Bertz CT molecular complexity index is 720. The summed E-state index contributed by atoms with van der Waals surface area (Å²) in [6.45, 7) is 0. The Hall–Kier alpha value is -2.82. The lowest BCUT2D eigenvalue weighted by atomic mass is 9.96. The highest BCUT2D eigenvalue weighted by atomic mass is 16.3. The number of pyridine rings is 2. The first-order valence-electron chi connectivity index (χ1n) is 5.62. The van der Waals surface area contributed by atoms with Crippen LogP contribution in [0, 0.1) is 0 Å². The van der Waals surface area contributed by atoms with E-state index < -0.39 is 17.3 Å². The minimum atomic E-state index is -0.826. The number of rotatable bonds is 1. The van der Waals surface area contributed by atoms with Crippen molar-refractivity contribution < 1.29 is 19.3 Å². The van der Waals surface area contributed by atoms with Gasteiger partial charge in [-0.05, 0) is 11.8 Å². The van der Waals surface area contributed by atoms with Gasteiger partial charge in [0.05, 0.1) is 0 Å². The Labute approximate surface area is 108 Å². The average Bonchev–Trinajstić information content (AvgIpc) is 2.46. The van der Waals surface area contributed by atoms with Crippen LogP contribution < -0.4 is 9.67 Å². The van der Waals surface area contributed by atoms with E-state index in [1.807, 2.05) is 0 Å². The summed E-state index contributed by atoms with van der Waals surface area (Å²) in [7, 11) is 0. The lowest BCUT2D eigenvalue weighted by Crippen LogP contribution is -2.43. The number of Topliss-reactive ketones (excluding diaryl/α,β-unsaturated/α-hetero) is 2. The van der Waals surface area contributed by atoms with Crippen LogP contribution >= 0.6 is 0 Å². The third kappa shape index (κ3) is 1.63. The highest BCUT2D eigenvalue weighted by Gasteiger charge is 2.36. The first-order valence-corrected chi connectivity index (χ1v) is 5.62. The van der Waals surface area contributed by atoms with Gasteiger partial charge in [0.15, 0.2) is 12.4 Å². The lowest BCUT2D eigenvalue weighted by molar-refractivity contribution is -0.579. The first-order chi connectivity index (χ1) is 9.20. The summed E-state index contributed by atoms with van der Waals surface area (Å²) >= 11 is 0. The molecule has 92 valence electrons. The van der Waals surface area contributed by atoms with Gasteiger partial charge in [-0.25, -0.2) is 0 Å². The minimum absolute atomic E-state index is 0.0715. The average molecular weight is 252 g/mol. The summed E-state index contributed by atoms with van der Waals surface area (Å²) in [5, 5.41) is 12.3. The molecule has 1 aliphatic carbocycles. The number of carbonyl (C=O) groups is 2. The van der Waals surface area contributed by atoms with E-state index in [-0.39, 0.29) is 17.0 Å². The molecule has 0 saturated carbocycles. The molecule has 3 rings (SSSR count). The predicted octanol–water partition coefficient (Wildman–Crippen LogP) is -0.179. The highest BCUT2D eigenvalue weighted by Crippen LogP contribution is 2.23. The molecule has 5 heteroatoms. The summed E-state index contributed by atoms with van der Waals surface area (Å²) in [5.74, 6) is -2.06. The van der Waals surface area contributed by atoms with Crippen molar-refractivity contribution >= 4 is 23.0 Å². The number of aromatic nitrogens is 2. The molecule has 0 atom stereocenters. The quantitative estimate of drug-likeness (QED) is 0.521. The van der Waals surface area contributed by atoms with E-state index in [0.717, 1.165) is 0 Å². The maximum atomic E-state index is 12.3. The molecule has 0 amide bonds. The summed E-state index contributed by atoms with van der Waals surface area (Å²) in [5.41, 5.74) is -0.0673. The summed E-state index contributed by atoms with van der Waals surface area (Å²) in [4.78, 5) is 27.8. The molecule has 2 aromatic heterocycles. The summed E-state index contributed by atoms with van der Waals surface area (Å²) in [6.07, 6.45) is 4.50. The van der Waals surface area contributed by atoms with Crippen LogP contribution in [-0.2, 0) is 4.79 Å². The molecule has 0 saturated heterocycles. The molecule has 2 aromatic rings. The van der Waals surface area contributed by atoms with Gasteiger partial charge in [-0.2, -0.15) is 4.57 Å².